The van der Waals surface area contributed by atoms with Crippen LogP contribution in [0.15, 0.2) is 41.5 Å². The zero-order valence-corrected chi connectivity index (χ0v) is 13.7. The molecule has 0 amide bonds. The molecular formula is C15H13FN4O4S. The Morgan fingerprint density at radius 2 is 2.16 bits per heavy atom. The van der Waals surface area contributed by atoms with E-state index in [0.29, 0.717) is 5.56 Å². The smallest absolute Gasteiger partial charge is 0.315 e. The van der Waals surface area contributed by atoms with Gasteiger partial charge in [-0.05, 0) is 30.4 Å². The highest BCUT2D eigenvalue weighted by atomic mass is 32.1. The molecule has 0 heterocycles. The van der Waals surface area contributed by atoms with Gasteiger partial charge in [0, 0.05) is 11.6 Å². The van der Waals surface area contributed by atoms with Crippen LogP contribution in [0.4, 0.5) is 15.8 Å². The Bertz CT molecular complexity index is 844. The number of methoxy groups -OCH3 is 1. The maximum absolute atomic E-state index is 13.5. The van der Waals surface area contributed by atoms with Crippen LogP contribution < -0.4 is 15.5 Å². The molecule has 0 fully saturated rings. The predicted octanol–water partition coefficient (Wildman–Crippen LogP) is 2.77. The largest absolute Gasteiger partial charge is 0.500 e. The molecule has 0 aliphatic carbocycles. The minimum Gasteiger partial charge on any atom is -0.500 e. The van der Waals surface area contributed by atoms with Crippen LogP contribution in [0.1, 0.15) is 5.56 Å². The lowest BCUT2D eigenvalue weighted by Crippen LogP contribution is -2.24. The number of nitro groups is 1. The van der Waals surface area contributed by atoms with Gasteiger partial charge in [0.25, 0.3) is 0 Å². The first kappa shape index (κ1) is 18.1. The van der Waals surface area contributed by atoms with Crippen LogP contribution in [0, 0.1) is 15.9 Å². The molecule has 0 aliphatic heterocycles. The van der Waals surface area contributed by atoms with Gasteiger partial charge < -0.3 is 15.2 Å². The van der Waals surface area contributed by atoms with Crippen LogP contribution in [0.25, 0.3) is 0 Å². The van der Waals surface area contributed by atoms with Gasteiger partial charge in [0.15, 0.2) is 10.9 Å². The van der Waals surface area contributed by atoms with Crippen LogP contribution in [0.5, 0.6) is 11.5 Å². The van der Waals surface area contributed by atoms with Crippen LogP contribution in [0.2, 0.25) is 0 Å². The summed E-state index contributed by atoms with van der Waals surface area (Å²) in [5, 5.41) is 27.1. The molecule has 0 aromatic heterocycles. The fourth-order valence-corrected chi connectivity index (χ4v) is 2.02. The summed E-state index contributed by atoms with van der Waals surface area (Å²) in [5.41, 5.74) is 2.41. The molecule has 2 aromatic rings. The maximum atomic E-state index is 13.5. The Kier molecular flexibility index (Phi) is 5.79. The second-order valence-corrected chi connectivity index (χ2v) is 5.06. The number of nitrogens with zero attached hydrogens (tertiary/aromatic N) is 2. The van der Waals surface area contributed by atoms with Gasteiger partial charge >= 0.3 is 5.69 Å². The first-order valence-electron chi connectivity index (χ1n) is 6.82. The van der Waals surface area contributed by atoms with Gasteiger partial charge in [-0.15, -0.1) is 0 Å². The minimum atomic E-state index is -0.743. The van der Waals surface area contributed by atoms with Gasteiger partial charge in [0.1, 0.15) is 5.82 Å². The lowest BCUT2D eigenvalue weighted by atomic mass is 10.2. The number of benzene rings is 2. The summed E-state index contributed by atoms with van der Waals surface area (Å²) in [5.74, 6) is -1.12. The van der Waals surface area contributed by atoms with Gasteiger partial charge in [-0.2, -0.15) is 5.10 Å². The third-order valence-electron chi connectivity index (χ3n) is 3.00. The molecule has 0 unspecified atom stereocenters. The number of anilines is 1. The number of para-hydroxylation sites is 1. The van der Waals surface area contributed by atoms with E-state index in [1.54, 1.807) is 12.1 Å². The van der Waals surface area contributed by atoms with Gasteiger partial charge in [-0.25, -0.2) is 4.39 Å². The number of nitrogens with one attached hydrogen (secondary N) is 2. The average Bonchev–Trinajstić information content (AvgIpc) is 2.58. The van der Waals surface area contributed by atoms with E-state index >= 15 is 0 Å². The van der Waals surface area contributed by atoms with Crippen molar-refractivity contribution in [1.29, 1.82) is 0 Å². The van der Waals surface area contributed by atoms with Crippen molar-refractivity contribution >= 4 is 34.9 Å². The predicted molar refractivity (Wildman–Crippen MR) is 94.7 cm³/mol. The Balaban J connectivity index is 2.09. The van der Waals surface area contributed by atoms with Crippen molar-refractivity contribution in [2.75, 3.05) is 12.4 Å². The first-order chi connectivity index (χ1) is 11.9. The highest BCUT2D eigenvalue weighted by Gasteiger charge is 2.19. The van der Waals surface area contributed by atoms with Crippen LogP contribution in [-0.4, -0.2) is 28.5 Å². The molecule has 8 nitrogen and oxygen atoms in total. The van der Waals surface area contributed by atoms with E-state index in [-0.39, 0.29) is 16.5 Å². The van der Waals surface area contributed by atoms with E-state index in [2.05, 4.69) is 15.8 Å². The summed E-state index contributed by atoms with van der Waals surface area (Å²) < 4.78 is 18.4. The number of ether oxygens (including phenoxy) is 1. The summed E-state index contributed by atoms with van der Waals surface area (Å²) in [6.45, 7) is 0. The van der Waals surface area contributed by atoms with E-state index < -0.39 is 22.2 Å². The fraction of sp³-hybridized carbons (Fsp3) is 0.0667. The lowest BCUT2D eigenvalue weighted by Gasteiger charge is -2.08. The highest BCUT2D eigenvalue weighted by Crippen LogP contribution is 2.36. The number of aromatic hydroxyl groups is 1. The molecule has 0 atom stereocenters. The molecular weight excluding hydrogens is 351 g/mol. The quantitative estimate of drug-likeness (QED) is 0.324. The first-order valence-corrected chi connectivity index (χ1v) is 7.23. The summed E-state index contributed by atoms with van der Waals surface area (Å²) in [4.78, 5) is 10.2. The zero-order chi connectivity index (χ0) is 18.4. The standard InChI is InChI=1S/C15H13FN4O4S/c1-24-13-7-9(6-12(14(13)21)20(22)23)8-17-19-15(25)18-11-5-3-2-4-10(11)16/h2-8,21H,1H3,(H2,18,19,25)/b17-8+. The molecule has 0 saturated heterocycles. The Hall–Kier alpha value is -3.27. The number of phenols is 1. The molecule has 0 radical (unpaired) electrons. The molecule has 0 spiro atoms. The monoisotopic (exact) mass is 364 g/mol. The van der Waals surface area contributed by atoms with E-state index in [1.165, 1.54) is 31.5 Å². The Morgan fingerprint density at radius 3 is 2.80 bits per heavy atom. The normalized spacial score (nSPS) is 10.5. The Labute approximate surface area is 147 Å². The number of thiocarbonyl (C=S) groups is 1. The number of phenolic OH excluding ortho intramolecular Hbond substituents is 1. The number of hydrogen-bond donors (Lipinski definition) is 3. The molecule has 2 aromatic carbocycles. The molecule has 3 N–H and O–H groups in total. The lowest BCUT2D eigenvalue weighted by molar-refractivity contribution is -0.386. The maximum Gasteiger partial charge on any atom is 0.315 e. The summed E-state index contributed by atoms with van der Waals surface area (Å²) in [6.07, 6.45) is 1.24. The van der Waals surface area contributed by atoms with Crippen molar-refractivity contribution in [3.05, 3.63) is 57.9 Å². The minimum absolute atomic E-state index is 0.0293. The van der Waals surface area contributed by atoms with Crippen LogP contribution >= 0.6 is 12.2 Å². The second-order valence-electron chi connectivity index (χ2n) is 4.65. The van der Waals surface area contributed by atoms with Crippen LogP contribution in [0.3, 0.4) is 0 Å². The van der Waals surface area contributed by atoms with Crippen molar-refractivity contribution in [3.8, 4) is 11.5 Å². The SMILES string of the molecule is COc1cc(/C=N/NC(=S)Nc2ccccc2F)cc([N+](=O)[O-])c1O. The molecule has 0 aliphatic rings. The fourth-order valence-electron chi connectivity index (χ4n) is 1.86. The average molecular weight is 364 g/mol. The van der Waals surface area contributed by atoms with Crippen molar-refractivity contribution in [2.24, 2.45) is 5.10 Å². The molecule has 0 bridgehead atoms. The van der Waals surface area contributed by atoms with E-state index in [1.807, 2.05) is 0 Å². The number of rotatable bonds is 5. The van der Waals surface area contributed by atoms with E-state index in [0.717, 1.165) is 6.07 Å². The van der Waals surface area contributed by atoms with Gasteiger partial charge in [-0.3, -0.25) is 15.5 Å². The van der Waals surface area contributed by atoms with Crippen molar-refractivity contribution in [1.82, 2.24) is 5.43 Å². The van der Waals surface area contributed by atoms with E-state index in [9.17, 15) is 19.6 Å². The molecule has 25 heavy (non-hydrogen) atoms. The third-order valence-corrected chi connectivity index (χ3v) is 3.19. The van der Waals surface area contributed by atoms with Crippen molar-refractivity contribution in [3.63, 3.8) is 0 Å². The highest BCUT2D eigenvalue weighted by molar-refractivity contribution is 7.80. The molecule has 10 heteroatoms. The topological polar surface area (TPSA) is 109 Å². The van der Waals surface area contributed by atoms with Gasteiger partial charge in [-0.1, -0.05) is 12.1 Å². The molecule has 2 rings (SSSR count). The van der Waals surface area contributed by atoms with E-state index in [4.69, 9.17) is 17.0 Å². The summed E-state index contributed by atoms with van der Waals surface area (Å²) in [7, 11) is 1.27. The third kappa shape index (κ3) is 4.61. The van der Waals surface area contributed by atoms with Crippen molar-refractivity contribution < 1.29 is 19.2 Å². The van der Waals surface area contributed by atoms with Gasteiger partial charge in [0.2, 0.25) is 5.75 Å². The Morgan fingerprint density at radius 1 is 1.44 bits per heavy atom. The number of halogens is 1. The number of hydrazone groups is 1. The summed E-state index contributed by atoms with van der Waals surface area (Å²) >= 11 is 4.97. The van der Waals surface area contributed by atoms with Crippen molar-refractivity contribution in [2.45, 2.75) is 0 Å². The number of hydrogen-bond acceptors (Lipinski definition) is 6. The zero-order valence-electron chi connectivity index (χ0n) is 12.9. The van der Waals surface area contributed by atoms with Crippen LogP contribution in [-0.2, 0) is 0 Å². The summed E-state index contributed by atoms with van der Waals surface area (Å²) in [6, 6.07) is 8.44. The molecule has 130 valence electrons. The number of nitro benzene ring substituents is 1. The second kappa shape index (κ2) is 8.02. The van der Waals surface area contributed by atoms with Gasteiger partial charge in [0.05, 0.1) is 23.9 Å². The molecule has 0 saturated carbocycles.